The largest absolute Gasteiger partial charge is 0.491 e. The van der Waals surface area contributed by atoms with Crippen molar-refractivity contribution in [2.24, 2.45) is 5.92 Å². The molecule has 1 aliphatic carbocycles. The molecule has 5 rings (SSSR count). The number of rotatable bonds is 7. The average Bonchev–Trinajstić information content (AvgIpc) is 3.53. The Kier molecular flexibility index (Phi) is 6.24. The van der Waals surface area contributed by atoms with Gasteiger partial charge in [0.25, 0.3) is 5.91 Å². The van der Waals surface area contributed by atoms with Crippen LogP contribution in [0.2, 0.25) is 0 Å². The summed E-state index contributed by atoms with van der Waals surface area (Å²) in [5.74, 6) is 0.181. The maximum atomic E-state index is 15.1. The lowest BCUT2D eigenvalue weighted by molar-refractivity contribution is -0.137. The van der Waals surface area contributed by atoms with Crippen molar-refractivity contribution in [1.82, 2.24) is 20.0 Å². The van der Waals surface area contributed by atoms with E-state index in [1.165, 1.54) is 12.8 Å². The summed E-state index contributed by atoms with van der Waals surface area (Å²) < 4.78 is 67.0. The number of nitrogens with zero attached hydrogens (tertiary/aromatic N) is 3. The molecule has 2 unspecified atom stereocenters. The first-order chi connectivity index (χ1) is 16.3. The number of nitrogens with one attached hydrogen (secondary N) is 1. The van der Waals surface area contributed by atoms with Crippen LogP contribution in [0.3, 0.4) is 0 Å². The highest BCUT2D eigenvalue weighted by molar-refractivity contribution is 5.92. The fourth-order valence-corrected chi connectivity index (χ4v) is 4.26. The van der Waals surface area contributed by atoms with Gasteiger partial charge >= 0.3 is 6.18 Å². The van der Waals surface area contributed by atoms with Gasteiger partial charge in [-0.05, 0) is 43.0 Å². The molecule has 1 fully saturated rings. The summed E-state index contributed by atoms with van der Waals surface area (Å²) in [5, 5.41) is 6.86. The van der Waals surface area contributed by atoms with Crippen LogP contribution in [0.5, 0.6) is 5.75 Å². The van der Waals surface area contributed by atoms with E-state index in [1.54, 1.807) is 10.7 Å². The minimum absolute atomic E-state index is 0.0460. The van der Waals surface area contributed by atoms with Crippen LogP contribution >= 0.6 is 0 Å². The maximum Gasteiger partial charge on any atom is 0.416 e. The number of benzene rings is 1. The second-order valence-corrected chi connectivity index (χ2v) is 9.08. The van der Waals surface area contributed by atoms with Crippen LogP contribution in [0, 0.1) is 5.92 Å². The molecule has 3 heterocycles. The van der Waals surface area contributed by atoms with Crippen LogP contribution < -0.4 is 10.1 Å². The van der Waals surface area contributed by atoms with Gasteiger partial charge in [-0.25, -0.2) is 4.39 Å². The van der Waals surface area contributed by atoms with Crippen LogP contribution in [0.25, 0.3) is 0 Å². The molecular weight excluding hydrogens is 456 g/mol. The van der Waals surface area contributed by atoms with Crippen LogP contribution in [0.4, 0.5) is 17.6 Å². The van der Waals surface area contributed by atoms with Crippen molar-refractivity contribution in [3.8, 4) is 5.75 Å². The number of alkyl halides is 4. The van der Waals surface area contributed by atoms with Gasteiger partial charge in [0, 0.05) is 31.8 Å². The molecule has 2 aromatic rings. The Bertz CT molecular complexity index is 1050. The lowest BCUT2D eigenvalue weighted by Crippen LogP contribution is -2.44. The highest BCUT2D eigenvalue weighted by Gasteiger charge is 2.37. The molecule has 3 aliphatic rings. The highest BCUT2D eigenvalue weighted by atomic mass is 19.4. The van der Waals surface area contributed by atoms with Crippen LogP contribution in [-0.2, 0) is 24.0 Å². The SMILES string of the molecule is O=C(NC1COc2ccc(C(F)(F)F)cc2C1F)c1cc2n(n1)CCN(CCOCC1CC1)C2. The molecule has 1 saturated carbocycles. The maximum absolute atomic E-state index is 15.1. The van der Waals surface area contributed by atoms with E-state index in [4.69, 9.17) is 9.47 Å². The molecule has 34 heavy (non-hydrogen) atoms. The zero-order chi connectivity index (χ0) is 23.9. The standard InChI is InChI=1S/C23H26F4N4O3/c24-21-17-9-15(23(25,26)27)3-4-20(17)34-13-19(21)28-22(32)18-10-16-11-30(5-6-31(16)29-18)7-8-33-12-14-1-2-14/h3-4,9-10,14,19,21H,1-2,5-8,11-13H2,(H,28,32). The molecule has 7 nitrogen and oxygen atoms in total. The molecule has 1 aromatic heterocycles. The summed E-state index contributed by atoms with van der Waals surface area (Å²) in [7, 11) is 0. The zero-order valence-electron chi connectivity index (χ0n) is 18.5. The summed E-state index contributed by atoms with van der Waals surface area (Å²) in [6.07, 6.45) is -3.92. The van der Waals surface area contributed by atoms with Crippen molar-refractivity contribution in [3.05, 3.63) is 46.8 Å². The lowest BCUT2D eigenvalue weighted by Gasteiger charge is -2.29. The molecule has 0 spiro atoms. The van der Waals surface area contributed by atoms with Gasteiger partial charge in [0.05, 0.1) is 30.5 Å². The quantitative estimate of drug-likeness (QED) is 0.484. The van der Waals surface area contributed by atoms with E-state index in [1.807, 2.05) is 0 Å². The minimum atomic E-state index is -4.60. The number of fused-ring (bicyclic) bond motifs is 2. The van der Waals surface area contributed by atoms with E-state index >= 15 is 4.39 Å². The van der Waals surface area contributed by atoms with E-state index in [0.29, 0.717) is 19.7 Å². The van der Waals surface area contributed by atoms with Crippen LogP contribution in [0.15, 0.2) is 24.3 Å². The molecule has 1 amide bonds. The van der Waals surface area contributed by atoms with E-state index < -0.39 is 29.9 Å². The molecular formula is C23H26F4N4O3. The Morgan fingerprint density at radius 3 is 2.82 bits per heavy atom. The second-order valence-electron chi connectivity index (χ2n) is 9.08. The van der Waals surface area contributed by atoms with Crippen molar-refractivity contribution in [2.75, 3.05) is 32.9 Å². The number of carbonyl (C=O) groups is 1. The fourth-order valence-electron chi connectivity index (χ4n) is 4.26. The smallest absolute Gasteiger partial charge is 0.416 e. The number of hydrogen-bond acceptors (Lipinski definition) is 5. The number of hydrogen-bond donors (Lipinski definition) is 1. The minimum Gasteiger partial charge on any atom is -0.491 e. The Balaban J connectivity index is 1.19. The number of amides is 1. The van der Waals surface area contributed by atoms with E-state index in [9.17, 15) is 18.0 Å². The molecule has 184 valence electrons. The Morgan fingerprint density at radius 2 is 2.06 bits per heavy atom. The third-order valence-electron chi connectivity index (χ3n) is 6.43. The molecule has 2 atom stereocenters. The summed E-state index contributed by atoms with van der Waals surface area (Å²) in [6, 6.07) is 3.23. The molecule has 0 saturated heterocycles. The van der Waals surface area contributed by atoms with Gasteiger partial charge in [0.1, 0.15) is 12.4 Å². The topological polar surface area (TPSA) is 68.6 Å². The van der Waals surface area contributed by atoms with Crippen molar-refractivity contribution in [2.45, 2.75) is 44.3 Å². The fraction of sp³-hybridized carbons (Fsp3) is 0.565. The Morgan fingerprint density at radius 1 is 1.24 bits per heavy atom. The first-order valence-electron chi connectivity index (χ1n) is 11.4. The third-order valence-corrected chi connectivity index (χ3v) is 6.43. The molecule has 2 aliphatic heterocycles. The molecule has 1 N–H and O–H groups in total. The van der Waals surface area contributed by atoms with Gasteiger partial charge in [-0.15, -0.1) is 0 Å². The number of ether oxygens (including phenoxy) is 2. The summed E-state index contributed by atoms with van der Waals surface area (Å²) in [5.41, 5.74) is -0.178. The first kappa shape index (κ1) is 23.1. The van der Waals surface area contributed by atoms with Gasteiger partial charge in [0.2, 0.25) is 0 Å². The van der Waals surface area contributed by atoms with Crippen molar-refractivity contribution in [3.63, 3.8) is 0 Å². The molecule has 0 radical (unpaired) electrons. The van der Waals surface area contributed by atoms with E-state index in [0.717, 1.165) is 49.5 Å². The van der Waals surface area contributed by atoms with Crippen molar-refractivity contribution >= 4 is 5.91 Å². The number of carbonyl (C=O) groups excluding carboxylic acids is 1. The second kappa shape index (κ2) is 9.18. The van der Waals surface area contributed by atoms with Gasteiger partial charge in [-0.3, -0.25) is 14.4 Å². The van der Waals surface area contributed by atoms with E-state index in [2.05, 4.69) is 15.3 Å². The Hall–Kier alpha value is -2.66. The number of halogens is 4. The molecule has 1 aromatic carbocycles. The third kappa shape index (κ3) is 5.05. The van der Waals surface area contributed by atoms with Gasteiger partial charge in [-0.2, -0.15) is 18.3 Å². The summed E-state index contributed by atoms with van der Waals surface area (Å²) >= 11 is 0. The van der Waals surface area contributed by atoms with Crippen molar-refractivity contribution < 1.29 is 31.8 Å². The first-order valence-corrected chi connectivity index (χ1v) is 11.4. The lowest BCUT2D eigenvalue weighted by atomic mass is 9.98. The predicted octanol–water partition coefficient (Wildman–Crippen LogP) is 3.35. The normalized spacial score (nSPS) is 22.6. The van der Waals surface area contributed by atoms with Crippen molar-refractivity contribution in [1.29, 1.82) is 0 Å². The van der Waals surface area contributed by atoms with E-state index in [-0.39, 0.29) is 23.6 Å². The van der Waals surface area contributed by atoms with Gasteiger partial charge in [-0.1, -0.05) is 0 Å². The summed E-state index contributed by atoms with van der Waals surface area (Å²) in [6.45, 7) is 4.11. The predicted molar refractivity (Wildman–Crippen MR) is 113 cm³/mol. The van der Waals surface area contributed by atoms with Gasteiger partial charge < -0.3 is 14.8 Å². The van der Waals surface area contributed by atoms with Crippen LogP contribution in [0.1, 0.15) is 46.3 Å². The van der Waals surface area contributed by atoms with Gasteiger partial charge in [0.15, 0.2) is 11.9 Å². The highest BCUT2D eigenvalue weighted by Crippen LogP contribution is 2.39. The Labute approximate surface area is 194 Å². The average molecular weight is 482 g/mol. The molecule has 0 bridgehead atoms. The monoisotopic (exact) mass is 482 g/mol. The number of aromatic nitrogens is 2. The van der Waals surface area contributed by atoms with Crippen LogP contribution in [-0.4, -0.2) is 59.5 Å². The molecule has 11 heteroatoms. The zero-order valence-corrected chi connectivity index (χ0v) is 18.5. The summed E-state index contributed by atoms with van der Waals surface area (Å²) in [4.78, 5) is 15.0.